The maximum absolute atomic E-state index is 6.06. The molecule has 1 fully saturated rings. The monoisotopic (exact) mass is 202 g/mol. The van der Waals surface area contributed by atoms with Gasteiger partial charge in [-0.15, -0.1) is 0 Å². The summed E-state index contributed by atoms with van der Waals surface area (Å²) < 4.78 is 2.00. The first-order valence-electron chi connectivity index (χ1n) is 5.32. The zero-order valence-corrected chi connectivity index (χ0v) is 8.56. The zero-order valence-electron chi connectivity index (χ0n) is 8.56. The molecule has 78 valence electrons. The van der Waals surface area contributed by atoms with Gasteiger partial charge in [0.05, 0.1) is 5.69 Å². The lowest BCUT2D eigenvalue weighted by Gasteiger charge is -2.07. The van der Waals surface area contributed by atoms with Crippen LogP contribution in [0.2, 0.25) is 0 Å². The predicted octanol–water partition coefficient (Wildman–Crippen LogP) is 1.15. The van der Waals surface area contributed by atoms with Crippen molar-refractivity contribution >= 4 is 5.65 Å². The van der Waals surface area contributed by atoms with Crippen molar-refractivity contribution < 1.29 is 0 Å². The summed E-state index contributed by atoms with van der Waals surface area (Å²) in [6, 6.07) is 0. The first-order chi connectivity index (χ1) is 7.27. The second-order valence-electron chi connectivity index (χ2n) is 4.39. The third-order valence-corrected chi connectivity index (χ3v) is 3.14. The number of aromatic nitrogens is 3. The van der Waals surface area contributed by atoms with Gasteiger partial charge in [0.15, 0.2) is 5.65 Å². The van der Waals surface area contributed by atoms with E-state index in [1.54, 1.807) is 6.20 Å². The number of hydrogen-bond donors (Lipinski definition) is 1. The summed E-state index contributed by atoms with van der Waals surface area (Å²) in [6.45, 7) is 0. The molecule has 0 bridgehead atoms. The summed E-state index contributed by atoms with van der Waals surface area (Å²) in [5.41, 5.74) is 8.17. The number of rotatable bonds is 3. The molecule has 1 saturated carbocycles. The standard InChI is InChI=1S/C11H14N4/c12-11(3-4-11)2-1-9-10-14-6-8-15(10)7-5-13-9/h5-8H,1-4,12H2. The molecule has 0 atom stereocenters. The highest BCUT2D eigenvalue weighted by Crippen LogP contribution is 2.36. The number of imidazole rings is 1. The van der Waals surface area contributed by atoms with E-state index >= 15 is 0 Å². The summed E-state index contributed by atoms with van der Waals surface area (Å²) in [5.74, 6) is 0. The van der Waals surface area contributed by atoms with Crippen LogP contribution in [0.15, 0.2) is 24.8 Å². The van der Waals surface area contributed by atoms with Crippen LogP contribution < -0.4 is 5.73 Å². The number of aryl methyl sites for hydroxylation is 1. The van der Waals surface area contributed by atoms with E-state index in [-0.39, 0.29) is 5.54 Å². The third-order valence-electron chi connectivity index (χ3n) is 3.14. The van der Waals surface area contributed by atoms with E-state index in [2.05, 4.69) is 9.97 Å². The van der Waals surface area contributed by atoms with E-state index in [1.807, 2.05) is 23.0 Å². The lowest BCUT2D eigenvalue weighted by atomic mass is 10.1. The van der Waals surface area contributed by atoms with Gasteiger partial charge in [0.25, 0.3) is 0 Å². The fourth-order valence-electron chi connectivity index (χ4n) is 1.86. The van der Waals surface area contributed by atoms with Crippen LogP contribution in [0.3, 0.4) is 0 Å². The first kappa shape index (κ1) is 8.85. The van der Waals surface area contributed by atoms with E-state index in [1.165, 1.54) is 0 Å². The maximum Gasteiger partial charge on any atom is 0.158 e. The lowest BCUT2D eigenvalue weighted by Crippen LogP contribution is -2.22. The molecule has 4 heteroatoms. The Morgan fingerprint density at radius 1 is 1.27 bits per heavy atom. The first-order valence-corrected chi connectivity index (χ1v) is 5.32. The van der Waals surface area contributed by atoms with Crippen LogP contribution in [-0.2, 0) is 6.42 Å². The molecule has 15 heavy (non-hydrogen) atoms. The Bertz CT molecular complexity index is 484. The topological polar surface area (TPSA) is 56.2 Å². The molecule has 1 aliphatic carbocycles. The minimum Gasteiger partial charge on any atom is -0.325 e. The maximum atomic E-state index is 6.06. The van der Waals surface area contributed by atoms with E-state index in [0.29, 0.717) is 0 Å². The largest absolute Gasteiger partial charge is 0.325 e. The van der Waals surface area contributed by atoms with Crippen molar-refractivity contribution in [2.24, 2.45) is 5.73 Å². The number of nitrogens with two attached hydrogens (primary N) is 1. The molecule has 4 nitrogen and oxygen atoms in total. The second-order valence-corrected chi connectivity index (χ2v) is 4.39. The van der Waals surface area contributed by atoms with Gasteiger partial charge in [-0.2, -0.15) is 0 Å². The summed E-state index contributed by atoms with van der Waals surface area (Å²) >= 11 is 0. The van der Waals surface area contributed by atoms with Gasteiger partial charge in [-0.1, -0.05) is 0 Å². The van der Waals surface area contributed by atoms with Gasteiger partial charge in [0, 0.05) is 30.3 Å². The van der Waals surface area contributed by atoms with Gasteiger partial charge >= 0.3 is 0 Å². The van der Waals surface area contributed by atoms with Crippen molar-refractivity contribution in [1.82, 2.24) is 14.4 Å². The molecular weight excluding hydrogens is 188 g/mol. The zero-order chi connectivity index (χ0) is 10.3. The Kier molecular flexibility index (Phi) is 1.79. The van der Waals surface area contributed by atoms with E-state index in [9.17, 15) is 0 Å². The average molecular weight is 202 g/mol. The highest BCUT2D eigenvalue weighted by Gasteiger charge is 2.37. The Morgan fingerprint density at radius 3 is 2.73 bits per heavy atom. The van der Waals surface area contributed by atoms with Gasteiger partial charge in [0.2, 0.25) is 0 Å². The molecule has 2 aromatic rings. The van der Waals surface area contributed by atoms with Crippen LogP contribution >= 0.6 is 0 Å². The van der Waals surface area contributed by atoms with Crippen molar-refractivity contribution in [3.63, 3.8) is 0 Å². The molecule has 0 radical (unpaired) electrons. The molecule has 0 aromatic carbocycles. The average Bonchev–Trinajstić information content (AvgIpc) is 2.80. The molecule has 0 aliphatic heterocycles. The fourth-order valence-corrected chi connectivity index (χ4v) is 1.86. The number of nitrogens with zero attached hydrogens (tertiary/aromatic N) is 3. The smallest absolute Gasteiger partial charge is 0.158 e. The fraction of sp³-hybridized carbons (Fsp3) is 0.455. The minimum atomic E-state index is 0.0983. The van der Waals surface area contributed by atoms with Crippen LogP contribution in [0.5, 0.6) is 0 Å². The minimum absolute atomic E-state index is 0.0983. The number of fused-ring (bicyclic) bond motifs is 1. The molecule has 3 rings (SSSR count). The van der Waals surface area contributed by atoms with E-state index < -0.39 is 0 Å². The van der Waals surface area contributed by atoms with Crippen molar-refractivity contribution in [2.75, 3.05) is 0 Å². The summed E-state index contributed by atoms with van der Waals surface area (Å²) in [6.07, 6.45) is 11.7. The third kappa shape index (κ3) is 1.61. The summed E-state index contributed by atoms with van der Waals surface area (Å²) in [4.78, 5) is 8.67. The Labute approximate surface area is 88.1 Å². The molecular formula is C11H14N4. The molecule has 2 aromatic heterocycles. The highest BCUT2D eigenvalue weighted by molar-refractivity contribution is 5.43. The van der Waals surface area contributed by atoms with E-state index in [0.717, 1.165) is 37.0 Å². The van der Waals surface area contributed by atoms with Crippen molar-refractivity contribution in [1.29, 1.82) is 0 Å². The van der Waals surface area contributed by atoms with Crippen LogP contribution in [-0.4, -0.2) is 19.9 Å². The van der Waals surface area contributed by atoms with Crippen molar-refractivity contribution in [3.05, 3.63) is 30.5 Å². The van der Waals surface area contributed by atoms with Gasteiger partial charge in [-0.25, -0.2) is 4.98 Å². The quantitative estimate of drug-likeness (QED) is 0.812. The van der Waals surface area contributed by atoms with E-state index in [4.69, 9.17) is 5.73 Å². The van der Waals surface area contributed by atoms with Gasteiger partial charge in [-0.3, -0.25) is 4.98 Å². The van der Waals surface area contributed by atoms with Gasteiger partial charge < -0.3 is 10.1 Å². The lowest BCUT2D eigenvalue weighted by molar-refractivity contribution is 0.603. The van der Waals surface area contributed by atoms with Gasteiger partial charge in [-0.05, 0) is 25.7 Å². The summed E-state index contributed by atoms with van der Waals surface area (Å²) in [5, 5.41) is 0. The highest BCUT2D eigenvalue weighted by atomic mass is 15.0. The second kappa shape index (κ2) is 3.03. The SMILES string of the molecule is NC1(CCc2nccn3ccnc23)CC1. The van der Waals surface area contributed by atoms with Crippen LogP contribution in [0.25, 0.3) is 5.65 Å². The molecule has 2 heterocycles. The van der Waals surface area contributed by atoms with Crippen molar-refractivity contribution in [2.45, 2.75) is 31.2 Å². The van der Waals surface area contributed by atoms with Crippen LogP contribution in [0.1, 0.15) is 25.0 Å². The normalized spacial score (nSPS) is 18.2. The van der Waals surface area contributed by atoms with Crippen molar-refractivity contribution in [3.8, 4) is 0 Å². The Balaban J connectivity index is 1.86. The number of hydrogen-bond acceptors (Lipinski definition) is 3. The summed E-state index contributed by atoms with van der Waals surface area (Å²) in [7, 11) is 0. The Morgan fingerprint density at radius 2 is 2.00 bits per heavy atom. The molecule has 2 N–H and O–H groups in total. The molecule has 0 amide bonds. The predicted molar refractivity (Wildman–Crippen MR) is 57.5 cm³/mol. The Hall–Kier alpha value is -1.42. The molecule has 0 saturated heterocycles. The molecule has 0 unspecified atom stereocenters. The van der Waals surface area contributed by atoms with Crippen LogP contribution in [0.4, 0.5) is 0 Å². The molecule has 1 aliphatic rings. The molecule has 0 spiro atoms. The van der Waals surface area contributed by atoms with Crippen LogP contribution in [0, 0.1) is 0 Å². The van der Waals surface area contributed by atoms with Gasteiger partial charge in [0.1, 0.15) is 0 Å².